The van der Waals surface area contributed by atoms with E-state index in [0.29, 0.717) is 23.7 Å². The molecule has 0 amide bonds. The quantitative estimate of drug-likeness (QED) is 0.327. The van der Waals surface area contributed by atoms with E-state index in [4.69, 9.17) is 0 Å². The summed E-state index contributed by atoms with van der Waals surface area (Å²) in [7, 11) is 0. The molecule has 218 valence electrons. The zero-order valence-corrected chi connectivity index (χ0v) is 32.1. The minimum Gasteiger partial charge on any atom is -1.00 e. The van der Waals surface area contributed by atoms with Gasteiger partial charge >= 0.3 is 244 Å². The van der Waals surface area contributed by atoms with E-state index in [-0.39, 0.29) is 24.8 Å². The van der Waals surface area contributed by atoms with Crippen LogP contribution in [0.15, 0.2) is 35.4 Å². The van der Waals surface area contributed by atoms with E-state index in [0.717, 1.165) is 7.25 Å². The van der Waals surface area contributed by atoms with E-state index < -0.39 is 25.8 Å². The largest absolute Gasteiger partial charge is 1.00 e. The molecule has 0 heterocycles. The molecule has 0 bridgehead atoms. The Kier molecular flexibility index (Phi) is 12.9. The summed E-state index contributed by atoms with van der Waals surface area (Å²) in [6, 6.07) is 10.4. The second-order valence-electron chi connectivity index (χ2n) is 13.3. The second kappa shape index (κ2) is 14.4. The summed E-state index contributed by atoms with van der Waals surface area (Å²) in [6.07, 6.45) is 7.72. The van der Waals surface area contributed by atoms with Crippen molar-refractivity contribution < 1.29 is 45.2 Å². The van der Waals surface area contributed by atoms with Crippen molar-refractivity contribution in [3.05, 3.63) is 79.9 Å². The van der Waals surface area contributed by atoms with Gasteiger partial charge in [0.05, 0.1) is 0 Å². The monoisotopic (exact) mass is 672 g/mol. The van der Waals surface area contributed by atoms with Crippen molar-refractivity contribution in [2.75, 3.05) is 0 Å². The average molecular weight is 675 g/mol. The first-order valence-electron chi connectivity index (χ1n) is 15.3. The number of benzene rings is 2. The van der Waals surface area contributed by atoms with Crippen molar-refractivity contribution in [2.45, 2.75) is 126 Å². The molecule has 0 radical (unpaired) electrons. The van der Waals surface area contributed by atoms with Gasteiger partial charge in [0.2, 0.25) is 0 Å². The van der Waals surface area contributed by atoms with Gasteiger partial charge in [0.15, 0.2) is 0 Å². The third-order valence-electron chi connectivity index (χ3n) is 9.15. The van der Waals surface area contributed by atoms with Gasteiger partial charge in [-0.05, 0) is 0 Å². The first-order valence-corrected chi connectivity index (χ1v) is 24.4. The minimum atomic E-state index is -2.09. The number of rotatable bonds is 8. The Morgan fingerprint density at radius 2 is 0.950 bits per heavy atom. The third-order valence-corrected chi connectivity index (χ3v) is 28.6. The van der Waals surface area contributed by atoms with Crippen LogP contribution in [0.3, 0.4) is 0 Å². The van der Waals surface area contributed by atoms with Gasteiger partial charge in [0, 0.05) is 0 Å². The molecule has 2 aliphatic carbocycles. The van der Waals surface area contributed by atoms with Crippen LogP contribution >= 0.6 is 0 Å². The van der Waals surface area contributed by atoms with Crippen LogP contribution in [0.2, 0.25) is 13.1 Å². The number of hydrogen-bond acceptors (Lipinski definition) is 0. The van der Waals surface area contributed by atoms with Crippen LogP contribution in [0.4, 0.5) is 0 Å². The normalized spacial score (nSPS) is 17.3. The van der Waals surface area contributed by atoms with Crippen LogP contribution in [-0.2, 0) is 20.4 Å². The molecule has 2 aliphatic rings. The third kappa shape index (κ3) is 6.56. The Morgan fingerprint density at radius 3 is 1.20 bits per heavy atom. The number of fused-ring (bicyclic) bond motifs is 2. The van der Waals surface area contributed by atoms with Crippen molar-refractivity contribution in [1.29, 1.82) is 0 Å². The Balaban J connectivity index is 0.00000280. The van der Waals surface area contributed by atoms with Crippen LogP contribution in [-0.4, -0.2) is 5.43 Å². The maximum atomic E-state index is 2.68. The Bertz CT molecular complexity index is 1230. The topological polar surface area (TPSA) is 0 Å². The van der Waals surface area contributed by atoms with Crippen molar-refractivity contribution in [1.82, 2.24) is 0 Å². The molecule has 0 saturated carbocycles. The van der Waals surface area contributed by atoms with Crippen molar-refractivity contribution >= 4 is 17.6 Å². The van der Waals surface area contributed by atoms with Gasteiger partial charge in [-0.3, -0.25) is 0 Å². The molecule has 0 nitrogen and oxygen atoms in total. The van der Waals surface area contributed by atoms with Crippen molar-refractivity contribution in [3.63, 3.8) is 0 Å². The van der Waals surface area contributed by atoms with E-state index in [9.17, 15) is 0 Å². The summed E-state index contributed by atoms with van der Waals surface area (Å²) in [5, 5.41) is 0. The molecule has 0 aliphatic heterocycles. The number of allylic oxidation sites excluding steroid dienone is 2. The molecular weight excluding hydrogens is 623 g/mol. The maximum absolute atomic E-state index is 2.68. The standard InChI is InChI=1S/2C17H23.C2H6Si.2ClH.Zr/c2*1-6-13-7-15-9-14(11(2)3)10-16(12(4)5)17(15)8-13;1-3-2;;;/h2*7-12H,6H2,1-5H3;1-2H3;2*1H;/q;;;;;+2/p-2. The molecular formula is C36H52Cl2SiZr. The van der Waals surface area contributed by atoms with E-state index in [1.807, 2.05) is 0 Å². The molecule has 2 aromatic carbocycles. The van der Waals surface area contributed by atoms with Crippen LogP contribution < -0.4 is 24.8 Å². The van der Waals surface area contributed by atoms with Gasteiger partial charge in [-0.1, -0.05) is 0 Å². The van der Waals surface area contributed by atoms with Gasteiger partial charge in [-0.25, -0.2) is 0 Å². The SMILES string of the molecule is CCC1=Cc2c(C(C)C)cc(C(C)C)cc2[CH]1[Zr+2]([CH]1C(CC)=Cc2c(C(C)C)cc(C(C)C)cc21)=[Si](C)C.[Cl-].[Cl-]. The van der Waals surface area contributed by atoms with Crippen LogP contribution in [0, 0.1) is 0 Å². The van der Waals surface area contributed by atoms with E-state index in [1.54, 1.807) is 55.7 Å². The summed E-state index contributed by atoms with van der Waals surface area (Å²) in [5.41, 5.74) is 16.0. The zero-order chi connectivity index (χ0) is 28.0. The fourth-order valence-corrected chi connectivity index (χ4v) is 27.6. The second-order valence-corrected chi connectivity index (χ2v) is 31.2. The molecule has 0 N–H and O–H groups in total. The van der Waals surface area contributed by atoms with Gasteiger partial charge in [0.1, 0.15) is 0 Å². The predicted octanol–water partition coefficient (Wildman–Crippen LogP) is 5.45. The minimum absolute atomic E-state index is 0. The van der Waals surface area contributed by atoms with E-state index in [1.165, 1.54) is 12.8 Å². The first kappa shape index (κ1) is 35.8. The van der Waals surface area contributed by atoms with Gasteiger partial charge < -0.3 is 24.8 Å². The molecule has 0 spiro atoms. The summed E-state index contributed by atoms with van der Waals surface area (Å²) in [6.45, 7) is 29.3. The molecule has 0 aromatic heterocycles. The van der Waals surface area contributed by atoms with Gasteiger partial charge in [-0.15, -0.1) is 0 Å². The molecule has 40 heavy (non-hydrogen) atoms. The average Bonchev–Trinajstić information content (AvgIpc) is 3.41. The molecule has 2 aromatic rings. The van der Waals surface area contributed by atoms with E-state index >= 15 is 0 Å². The van der Waals surface area contributed by atoms with Crippen molar-refractivity contribution in [3.8, 4) is 0 Å². The van der Waals surface area contributed by atoms with Crippen LogP contribution in [0.25, 0.3) is 12.2 Å². The Labute approximate surface area is 266 Å². The Morgan fingerprint density at radius 1 is 0.600 bits per heavy atom. The number of hydrogen-bond donors (Lipinski definition) is 0. The molecule has 2 unspecified atom stereocenters. The van der Waals surface area contributed by atoms with Gasteiger partial charge in [-0.2, -0.15) is 0 Å². The molecule has 0 saturated heterocycles. The maximum Gasteiger partial charge on any atom is -1.00 e. The molecule has 4 heteroatoms. The smallest absolute Gasteiger partial charge is 1.00 e. The summed E-state index contributed by atoms with van der Waals surface area (Å²) < 4.78 is 1.46. The molecule has 4 rings (SSSR count). The molecule has 2 atom stereocenters. The predicted molar refractivity (Wildman–Crippen MR) is 169 cm³/mol. The fraction of sp³-hybridized carbons (Fsp3) is 0.556. The summed E-state index contributed by atoms with van der Waals surface area (Å²) in [4.78, 5) is 0. The summed E-state index contributed by atoms with van der Waals surface area (Å²) >= 11 is -2.09. The Hall–Kier alpha value is -0.400. The zero-order valence-electron chi connectivity index (χ0n) is 27.1. The fourth-order valence-electron chi connectivity index (χ4n) is 6.91. The van der Waals surface area contributed by atoms with Crippen LogP contribution in [0.1, 0.15) is 158 Å². The van der Waals surface area contributed by atoms with Crippen LogP contribution in [0.5, 0.6) is 0 Å². The van der Waals surface area contributed by atoms with Gasteiger partial charge in [0.25, 0.3) is 0 Å². The first-order chi connectivity index (χ1) is 17.9. The number of halogens is 2. The van der Waals surface area contributed by atoms with Crippen molar-refractivity contribution in [2.24, 2.45) is 0 Å². The van der Waals surface area contributed by atoms with E-state index in [2.05, 4.69) is 119 Å². The molecule has 0 fully saturated rings. The summed E-state index contributed by atoms with van der Waals surface area (Å²) in [5.74, 6) is 2.28.